The molecular formula is C35H58N2O28S4. The summed E-state index contributed by atoms with van der Waals surface area (Å²) in [6.07, 6.45) is 0.351. The molecule has 0 aliphatic heterocycles. The second-order valence-electron chi connectivity index (χ2n) is 16.6. The molecule has 400 valence electrons. The van der Waals surface area contributed by atoms with E-state index in [0.29, 0.717) is 6.42 Å². The molecule has 0 aliphatic rings. The average molecular weight is 1080 g/mol. The largest absolute Gasteiger partial charge is 0.464 e. The van der Waals surface area contributed by atoms with Crippen molar-refractivity contribution in [1.29, 1.82) is 0 Å². The summed E-state index contributed by atoms with van der Waals surface area (Å²) in [6.45, 7) is -0.822. The molecule has 0 saturated carbocycles. The third-order valence-corrected chi connectivity index (χ3v) is 11.9. The topological polar surface area (TPSA) is 412 Å². The van der Waals surface area contributed by atoms with Crippen molar-refractivity contribution >= 4 is 88.2 Å². The van der Waals surface area contributed by atoms with Gasteiger partial charge in [-0.3, -0.25) is 47.5 Å². The molecule has 0 heterocycles. The first-order valence-electron chi connectivity index (χ1n) is 19.5. The van der Waals surface area contributed by atoms with Crippen LogP contribution in [0, 0.1) is 21.7 Å². The smallest absolute Gasteiger partial charge is 0.323 e. The van der Waals surface area contributed by atoms with Crippen molar-refractivity contribution in [3.05, 3.63) is 0 Å². The van der Waals surface area contributed by atoms with E-state index in [1.54, 1.807) is 20.8 Å². The van der Waals surface area contributed by atoms with Gasteiger partial charge in [0.15, 0.2) is 23.0 Å². The van der Waals surface area contributed by atoms with E-state index in [9.17, 15) is 72.0 Å². The zero-order valence-electron chi connectivity index (χ0n) is 39.2. The highest BCUT2D eigenvalue weighted by Crippen LogP contribution is 2.28. The molecule has 0 spiro atoms. The Morgan fingerprint density at radius 2 is 0.652 bits per heavy atom. The fourth-order valence-electron chi connectivity index (χ4n) is 4.28. The van der Waals surface area contributed by atoms with Crippen LogP contribution in [-0.2, 0) is 125 Å². The van der Waals surface area contributed by atoms with Gasteiger partial charge in [0.25, 0.3) is 40.5 Å². The van der Waals surface area contributed by atoms with Crippen LogP contribution in [-0.4, -0.2) is 205 Å². The molecule has 1 unspecified atom stereocenters. The van der Waals surface area contributed by atoms with E-state index in [-0.39, 0.29) is 0 Å². The third-order valence-electron chi connectivity index (χ3n) is 8.43. The van der Waals surface area contributed by atoms with E-state index in [1.165, 1.54) is 28.2 Å². The number of hydroxylamine groups is 4. The minimum Gasteiger partial charge on any atom is -0.464 e. The molecule has 0 fully saturated rings. The van der Waals surface area contributed by atoms with E-state index >= 15 is 0 Å². The molecule has 0 radical (unpaired) electrons. The van der Waals surface area contributed by atoms with Crippen molar-refractivity contribution in [3.8, 4) is 0 Å². The molecule has 0 amide bonds. The first kappa shape index (κ1) is 64.3. The lowest BCUT2D eigenvalue weighted by molar-refractivity contribution is -0.182. The predicted octanol–water partition coefficient (Wildman–Crippen LogP) is -2.79. The van der Waals surface area contributed by atoms with Crippen molar-refractivity contribution in [1.82, 2.24) is 10.1 Å². The van der Waals surface area contributed by atoms with Gasteiger partial charge in [0.2, 0.25) is 0 Å². The van der Waals surface area contributed by atoms with Crippen LogP contribution in [0.1, 0.15) is 48.0 Å². The summed E-state index contributed by atoms with van der Waals surface area (Å²) in [5.41, 5.74) is -8.13. The van der Waals surface area contributed by atoms with Crippen LogP contribution in [0.2, 0.25) is 0 Å². The number of hydrogen-bond acceptors (Lipinski definition) is 28. The molecule has 0 bridgehead atoms. The predicted molar refractivity (Wildman–Crippen MR) is 226 cm³/mol. The van der Waals surface area contributed by atoms with Crippen LogP contribution >= 0.6 is 0 Å². The standard InChI is InChI=1S/C35H58N2O28S4/c1-11-32(2,3)28(42)56-12-13-57-29(43)35(6,22-62-30(44)33(4,18-58-24(38)14-66(46,47)48)19-59-25(39)15-67(49,50)51)23-63-31(45)34(5,20-60-26(40)16-68(52,53)64-36(7)8)21-61-27(41)17-69(54,55)65-37(9)10/h11-23H2,1-10H3,(H,46,47,48)(H,49,50,51). The number of esters is 8. The van der Waals surface area contributed by atoms with Gasteiger partial charge in [-0.15, -0.1) is 0 Å². The molecule has 0 saturated heterocycles. The van der Waals surface area contributed by atoms with Gasteiger partial charge in [0.1, 0.15) is 69.1 Å². The molecule has 2 N–H and O–H groups in total. The lowest BCUT2D eigenvalue weighted by atomic mass is 9.90. The Kier molecular flexibility index (Phi) is 24.7. The summed E-state index contributed by atoms with van der Waals surface area (Å²) in [4.78, 5) is 103. The van der Waals surface area contributed by atoms with E-state index < -0.39 is 186 Å². The second-order valence-corrected chi connectivity index (χ2v) is 22.6. The highest BCUT2D eigenvalue weighted by molar-refractivity contribution is 7.87. The van der Waals surface area contributed by atoms with Crippen LogP contribution in [0.3, 0.4) is 0 Å². The van der Waals surface area contributed by atoms with Crippen molar-refractivity contribution in [3.63, 3.8) is 0 Å². The summed E-state index contributed by atoms with van der Waals surface area (Å²) >= 11 is 0. The molecule has 0 aromatic rings. The van der Waals surface area contributed by atoms with Gasteiger partial charge < -0.3 is 37.9 Å². The number of nitrogens with zero attached hydrogens (tertiary/aromatic N) is 2. The Bertz CT molecular complexity index is 2200. The van der Waals surface area contributed by atoms with E-state index in [4.69, 9.17) is 47.0 Å². The van der Waals surface area contributed by atoms with Gasteiger partial charge in [-0.2, -0.15) is 52.4 Å². The lowest BCUT2D eigenvalue weighted by Crippen LogP contribution is -2.47. The molecule has 0 aliphatic carbocycles. The first-order valence-corrected chi connectivity index (χ1v) is 25.9. The Morgan fingerprint density at radius 1 is 0.406 bits per heavy atom. The molecule has 30 nitrogen and oxygen atoms in total. The summed E-state index contributed by atoms with van der Waals surface area (Å²) in [7, 11) is -14.5. The van der Waals surface area contributed by atoms with Crippen LogP contribution in [0.4, 0.5) is 0 Å². The Labute approximate surface area is 398 Å². The Morgan fingerprint density at radius 3 is 0.913 bits per heavy atom. The Hall–Kier alpha value is -4.68. The normalized spacial score (nSPS) is 13.7. The maximum atomic E-state index is 13.8. The fourth-order valence-corrected chi connectivity index (χ4v) is 6.80. The zero-order chi connectivity index (χ0) is 54.0. The van der Waals surface area contributed by atoms with Crippen LogP contribution in [0.25, 0.3) is 0 Å². The van der Waals surface area contributed by atoms with Crippen molar-refractivity contribution in [2.75, 3.05) is 104 Å². The molecular weight excluding hydrogens is 1020 g/mol. The van der Waals surface area contributed by atoms with E-state index in [2.05, 4.69) is 8.57 Å². The van der Waals surface area contributed by atoms with Gasteiger partial charge in [-0.25, -0.2) is 0 Å². The lowest BCUT2D eigenvalue weighted by Gasteiger charge is -2.32. The molecule has 69 heavy (non-hydrogen) atoms. The molecule has 0 rings (SSSR count). The van der Waals surface area contributed by atoms with Crippen LogP contribution in [0.15, 0.2) is 0 Å². The van der Waals surface area contributed by atoms with Crippen LogP contribution in [0.5, 0.6) is 0 Å². The minimum absolute atomic E-state index is 0.351. The van der Waals surface area contributed by atoms with Crippen molar-refractivity contribution in [2.24, 2.45) is 21.7 Å². The quantitative estimate of drug-likeness (QED) is 0.0226. The Balaban J connectivity index is 6.95. The minimum atomic E-state index is -4.98. The molecule has 0 aromatic carbocycles. The van der Waals surface area contributed by atoms with Gasteiger partial charge in [0.05, 0.1) is 5.41 Å². The summed E-state index contributed by atoms with van der Waals surface area (Å²) < 4.78 is 161. The zero-order valence-corrected chi connectivity index (χ0v) is 42.5. The van der Waals surface area contributed by atoms with Crippen LogP contribution < -0.4 is 0 Å². The maximum Gasteiger partial charge on any atom is 0.323 e. The molecule has 34 heteroatoms. The summed E-state index contributed by atoms with van der Waals surface area (Å²) in [5.74, 6) is -17.6. The van der Waals surface area contributed by atoms with Crippen molar-refractivity contribution < 1.29 is 128 Å². The van der Waals surface area contributed by atoms with Gasteiger partial charge in [-0.05, 0) is 41.0 Å². The number of carbonyl (C=O) groups excluding carboxylic acids is 8. The highest BCUT2D eigenvalue weighted by Gasteiger charge is 2.46. The SMILES string of the molecule is CCC(C)(C)C(=O)OCCOC(=O)C(C)(COC(=O)C(C)(COC(=O)CS(=O)(=O)O)COC(=O)CS(=O)(=O)O)COC(=O)C(C)(COC(=O)CS(=O)(=O)ON(C)C)COC(=O)CS(=O)(=O)ON(C)C. The van der Waals surface area contributed by atoms with Gasteiger partial charge >= 0.3 is 47.8 Å². The van der Waals surface area contributed by atoms with Gasteiger partial charge in [-0.1, -0.05) is 6.92 Å². The number of rotatable bonds is 32. The number of hydrogen-bond donors (Lipinski definition) is 2. The average Bonchev–Trinajstić information content (AvgIpc) is 3.17. The second kappa shape index (κ2) is 26.5. The molecule has 1 atom stereocenters. The summed E-state index contributed by atoms with van der Waals surface area (Å²) in [5, 5.41) is 1.45. The number of ether oxygens (including phenoxy) is 8. The van der Waals surface area contributed by atoms with E-state index in [1.807, 2.05) is 0 Å². The maximum absolute atomic E-state index is 13.8. The highest BCUT2D eigenvalue weighted by atomic mass is 32.2. The van der Waals surface area contributed by atoms with E-state index in [0.717, 1.165) is 30.9 Å². The fraction of sp³-hybridized carbons (Fsp3) is 0.771. The van der Waals surface area contributed by atoms with Crippen molar-refractivity contribution in [2.45, 2.75) is 48.0 Å². The van der Waals surface area contributed by atoms with Gasteiger partial charge in [0, 0.05) is 28.2 Å². The third kappa shape index (κ3) is 26.2. The summed E-state index contributed by atoms with van der Waals surface area (Å²) in [6, 6.07) is 0. The number of carbonyl (C=O) groups is 8. The monoisotopic (exact) mass is 1080 g/mol. The molecule has 0 aromatic heterocycles. The first-order chi connectivity index (χ1) is 31.1.